The molecule has 0 heterocycles. The molecule has 6 heteroatoms. The molecule has 20 heavy (non-hydrogen) atoms. The van der Waals surface area contributed by atoms with Crippen LogP contribution in [0.15, 0.2) is 22.7 Å². The minimum absolute atomic E-state index is 0.191. The Bertz CT molecular complexity index is 534. The van der Waals surface area contributed by atoms with Crippen LogP contribution in [-0.2, 0) is 9.84 Å². The van der Waals surface area contributed by atoms with Gasteiger partial charge >= 0.3 is 0 Å². The highest BCUT2D eigenvalue weighted by molar-refractivity contribution is 14.1. The molecule has 0 spiro atoms. The van der Waals surface area contributed by atoms with E-state index in [4.69, 9.17) is 0 Å². The first-order valence-corrected chi connectivity index (χ1v) is 10.5. The van der Waals surface area contributed by atoms with Crippen LogP contribution in [0.2, 0.25) is 0 Å². The molecule has 1 N–H and O–H groups in total. The van der Waals surface area contributed by atoms with Crippen LogP contribution < -0.4 is 5.32 Å². The van der Waals surface area contributed by atoms with Crippen molar-refractivity contribution in [1.82, 2.24) is 5.32 Å². The smallest absolute Gasteiger partial charge is 0.150 e. The van der Waals surface area contributed by atoms with E-state index >= 15 is 0 Å². The lowest BCUT2D eigenvalue weighted by Crippen LogP contribution is -2.22. The summed E-state index contributed by atoms with van der Waals surface area (Å²) in [5, 5.41) is 3.44. The molecule has 3 nitrogen and oxygen atoms in total. The van der Waals surface area contributed by atoms with Crippen LogP contribution in [0.25, 0.3) is 0 Å². The lowest BCUT2D eigenvalue weighted by atomic mass is 10.0. The first-order valence-electron chi connectivity index (χ1n) is 6.78. The number of rotatable bonds is 8. The second-order valence-corrected chi connectivity index (χ2v) is 9.23. The molecular weight excluding hydrogens is 453 g/mol. The van der Waals surface area contributed by atoms with E-state index < -0.39 is 9.84 Å². The normalized spacial score (nSPS) is 13.4. The molecular formula is C14H21BrINO2S. The Morgan fingerprint density at radius 3 is 2.65 bits per heavy atom. The fraction of sp³-hybridized carbons (Fsp3) is 0.571. The fourth-order valence-corrected chi connectivity index (χ4v) is 3.98. The van der Waals surface area contributed by atoms with Crippen molar-refractivity contribution in [1.29, 1.82) is 0 Å². The van der Waals surface area contributed by atoms with Gasteiger partial charge in [0.2, 0.25) is 0 Å². The molecule has 0 aliphatic heterocycles. The van der Waals surface area contributed by atoms with Crippen molar-refractivity contribution in [2.45, 2.75) is 32.7 Å². The molecule has 0 aliphatic carbocycles. The minimum Gasteiger partial charge on any atom is -0.310 e. The molecule has 0 aliphatic rings. The van der Waals surface area contributed by atoms with Crippen molar-refractivity contribution >= 4 is 48.4 Å². The Balaban J connectivity index is 2.76. The Labute approximate surface area is 144 Å². The fourth-order valence-electron chi connectivity index (χ4n) is 2.05. The number of hydrogen-bond acceptors (Lipinski definition) is 3. The van der Waals surface area contributed by atoms with Crippen molar-refractivity contribution in [3.63, 3.8) is 0 Å². The first-order chi connectivity index (χ1) is 9.39. The predicted octanol–water partition coefficient (Wildman–Crippen LogP) is 3.92. The summed E-state index contributed by atoms with van der Waals surface area (Å²) in [5.41, 5.74) is 1.20. The monoisotopic (exact) mass is 473 g/mol. The Hall–Kier alpha value is 0.340. The summed E-state index contributed by atoms with van der Waals surface area (Å²) in [4.78, 5) is 0. The van der Waals surface area contributed by atoms with E-state index in [0.29, 0.717) is 6.42 Å². The average Bonchev–Trinajstić information content (AvgIpc) is 2.40. The van der Waals surface area contributed by atoms with Gasteiger partial charge in [-0.25, -0.2) is 8.42 Å². The summed E-state index contributed by atoms with van der Waals surface area (Å²) in [6.45, 7) is 4.63. The molecule has 1 atom stereocenters. The molecule has 0 amide bonds. The number of sulfone groups is 1. The van der Waals surface area contributed by atoms with E-state index in [1.807, 2.05) is 6.07 Å². The van der Waals surface area contributed by atoms with E-state index in [2.05, 4.69) is 62.9 Å². The third-order valence-corrected chi connectivity index (χ3v) is 6.36. The van der Waals surface area contributed by atoms with Gasteiger partial charge in [-0.15, -0.1) is 0 Å². The van der Waals surface area contributed by atoms with Crippen molar-refractivity contribution in [2.24, 2.45) is 0 Å². The summed E-state index contributed by atoms with van der Waals surface area (Å²) in [6.07, 6.45) is 1.51. The minimum atomic E-state index is -2.87. The Morgan fingerprint density at radius 1 is 1.35 bits per heavy atom. The molecule has 0 bridgehead atoms. The quantitative estimate of drug-likeness (QED) is 0.582. The third-order valence-electron chi connectivity index (χ3n) is 3.17. The van der Waals surface area contributed by atoms with Crippen molar-refractivity contribution in [3.05, 3.63) is 31.8 Å². The number of nitrogens with one attached hydrogen (secondary N) is 1. The molecule has 1 aromatic rings. The van der Waals surface area contributed by atoms with E-state index in [9.17, 15) is 8.42 Å². The third kappa shape index (κ3) is 5.99. The van der Waals surface area contributed by atoms with Crippen LogP contribution >= 0.6 is 38.5 Å². The zero-order chi connectivity index (χ0) is 15.2. The van der Waals surface area contributed by atoms with Gasteiger partial charge in [0.05, 0.1) is 5.75 Å². The highest BCUT2D eigenvalue weighted by atomic mass is 127. The molecule has 0 aromatic heterocycles. The highest BCUT2D eigenvalue weighted by Gasteiger charge is 2.15. The maximum Gasteiger partial charge on any atom is 0.150 e. The van der Waals surface area contributed by atoms with E-state index in [-0.39, 0.29) is 17.5 Å². The zero-order valence-electron chi connectivity index (χ0n) is 11.8. The number of halogens is 2. The van der Waals surface area contributed by atoms with Crippen LogP contribution in [-0.4, -0.2) is 26.5 Å². The molecule has 1 unspecified atom stereocenters. The molecule has 0 saturated heterocycles. The summed E-state index contributed by atoms with van der Waals surface area (Å²) in [5.74, 6) is 0.499. The molecule has 1 rings (SSSR count). The predicted molar refractivity (Wildman–Crippen MR) is 96.8 cm³/mol. The van der Waals surface area contributed by atoms with Crippen LogP contribution in [0, 0.1) is 3.57 Å². The van der Waals surface area contributed by atoms with Crippen LogP contribution in [0.3, 0.4) is 0 Å². The summed E-state index contributed by atoms with van der Waals surface area (Å²) in [7, 11) is -2.87. The van der Waals surface area contributed by atoms with Crippen LogP contribution in [0.1, 0.15) is 38.3 Å². The largest absolute Gasteiger partial charge is 0.310 e. The van der Waals surface area contributed by atoms with Gasteiger partial charge in [-0.2, -0.15) is 0 Å². The second-order valence-electron chi connectivity index (χ2n) is 4.65. The van der Waals surface area contributed by atoms with Gasteiger partial charge < -0.3 is 5.32 Å². The van der Waals surface area contributed by atoms with Gasteiger partial charge in [0.15, 0.2) is 0 Å². The van der Waals surface area contributed by atoms with Gasteiger partial charge in [0, 0.05) is 19.8 Å². The maximum absolute atomic E-state index is 11.6. The van der Waals surface area contributed by atoms with Gasteiger partial charge in [-0.3, -0.25) is 0 Å². The lowest BCUT2D eigenvalue weighted by Gasteiger charge is -2.20. The summed E-state index contributed by atoms with van der Waals surface area (Å²) < 4.78 is 25.4. The first kappa shape index (κ1) is 18.4. The average molecular weight is 474 g/mol. The van der Waals surface area contributed by atoms with Gasteiger partial charge in [0.25, 0.3) is 0 Å². The molecule has 1 aromatic carbocycles. The van der Waals surface area contributed by atoms with E-state index in [1.54, 1.807) is 6.92 Å². The SMILES string of the molecule is CCNC(CCCS(=O)(=O)CC)c1cc(I)ccc1Br. The molecule has 0 saturated carbocycles. The van der Waals surface area contributed by atoms with Crippen molar-refractivity contribution in [3.8, 4) is 0 Å². The van der Waals surface area contributed by atoms with Crippen LogP contribution in [0.5, 0.6) is 0 Å². The zero-order valence-corrected chi connectivity index (χ0v) is 16.4. The highest BCUT2D eigenvalue weighted by Crippen LogP contribution is 2.28. The van der Waals surface area contributed by atoms with Gasteiger partial charge in [-0.05, 0) is 65.7 Å². The van der Waals surface area contributed by atoms with Crippen molar-refractivity contribution < 1.29 is 8.42 Å². The Morgan fingerprint density at radius 2 is 2.05 bits per heavy atom. The van der Waals surface area contributed by atoms with Crippen LogP contribution in [0.4, 0.5) is 0 Å². The second kappa shape index (κ2) is 8.70. The van der Waals surface area contributed by atoms with E-state index in [0.717, 1.165) is 17.4 Å². The van der Waals surface area contributed by atoms with Crippen molar-refractivity contribution in [2.75, 3.05) is 18.1 Å². The van der Waals surface area contributed by atoms with Gasteiger partial charge in [-0.1, -0.05) is 29.8 Å². The standard InChI is InChI=1S/C14H21BrINO2S/c1-3-17-14(6-5-9-20(18,19)4-2)12-10-11(16)7-8-13(12)15/h7-8,10,14,17H,3-6,9H2,1-2H3. The topological polar surface area (TPSA) is 46.2 Å². The molecule has 114 valence electrons. The number of hydrogen-bond donors (Lipinski definition) is 1. The van der Waals surface area contributed by atoms with Gasteiger partial charge in [0.1, 0.15) is 9.84 Å². The Kier molecular flexibility index (Phi) is 8.00. The summed E-state index contributed by atoms with van der Waals surface area (Å²) in [6, 6.07) is 6.44. The molecule has 0 radical (unpaired) electrons. The summed E-state index contributed by atoms with van der Waals surface area (Å²) >= 11 is 5.88. The maximum atomic E-state index is 11.6. The van der Waals surface area contributed by atoms with E-state index in [1.165, 1.54) is 9.13 Å². The number of benzene rings is 1. The molecule has 0 fully saturated rings. The lowest BCUT2D eigenvalue weighted by molar-refractivity contribution is 0.505.